The highest BCUT2D eigenvalue weighted by atomic mass is 35.5. The van der Waals surface area contributed by atoms with Crippen molar-refractivity contribution in [2.24, 2.45) is 0 Å². The monoisotopic (exact) mass is 235 g/mol. The molecule has 0 saturated carbocycles. The molecule has 0 amide bonds. The van der Waals surface area contributed by atoms with E-state index < -0.39 is 0 Å². The molecule has 1 aromatic carbocycles. The van der Waals surface area contributed by atoms with Gasteiger partial charge in [0.05, 0.1) is 12.1 Å². The molecule has 1 atom stereocenters. The highest BCUT2D eigenvalue weighted by Crippen LogP contribution is 2.22. The first-order valence-electron chi connectivity index (χ1n) is 5.12. The Labute approximate surface area is 98.0 Å². The van der Waals surface area contributed by atoms with Gasteiger partial charge in [-0.05, 0) is 30.3 Å². The molecule has 1 saturated heterocycles. The highest BCUT2D eigenvalue weighted by Gasteiger charge is 2.22. The number of rotatable bonds is 3. The largest absolute Gasteiger partial charge is 0.491 e. The molecule has 2 aromatic rings. The number of pyridine rings is 1. The lowest BCUT2D eigenvalue weighted by Crippen LogP contribution is -2.03. The highest BCUT2D eigenvalue weighted by molar-refractivity contribution is 6.29. The molecule has 3 nitrogen and oxygen atoms in total. The minimum Gasteiger partial charge on any atom is -0.491 e. The van der Waals surface area contributed by atoms with Crippen molar-refractivity contribution in [2.45, 2.75) is 6.10 Å². The van der Waals surface area contributed by atoms with Crippen LogP contribution in [0.5, 0.6) is 5.75 Å². The zero-order chi connectivity index (χ0) is 11.0. The second-order valence-electron chi connectivity index (χ2n) is 3.75. The van der Waals surface area contributed by atoms with Crippen LogP contribution in [-0.4, -0.2) is 24.3 Å². The van der Waals surface area contributed by atoms with E-state index in [0.717, 1.165) is 23.3 Å². The molecule has 1 unspecified atom stereocenters. The number of aromatic nitrogens is 1. The van der Waals surface area contributed by atoms with Gasteiger partial charge in [-0.15, -0.1) is 0 Å². The quantitative estimate of drug-likeness (QED) is 0.606. The number of nitrogens with zero attached hydrogens (tertiary/aromatic N) is 1. The van der Waals surface area contributed by atoms with Crippen LogP contribution in [0.25, 0.3) is 10.9 Å². The van der Waals surface area contributed by atoms with Crippen molar-refractivity contribution in [1.82, 2.24) is 4.98 Å². The molecule has 1 aromatic heterocycles. The van der Waals surface area contributed by atoms with Crippen LogP contribution in [-0.2, 0) is 4.74 Å². The maximum Gasteiger partial charge on any atom is 0.129 e. The van der Waals surface area contributed by atoms with E-state index in [2.05, 4.69) is 4.98 Å². The Bertz CT molecular complexity index is 525. The van der Waals surface area contributed by atoms with Gasteiger partial charge in [0, 0.05) is 5.39 Å². The molecule has 4 heteroatoms. The fourth-order valence-electron chi connectivity index (χ4n) is 1.52. The normalized spacial score (nSPS) is 18.7. The van der Waals surface area contributed by atoms with Gasteiger partial charge in [0.1, 0.15) is 23.6 Å². The molecule has 1 aliphatic heterocycles. The second kappa shape index (κ2) is 3.92. The molecule has 0 aliphatic carbocycles. The summed E-state index contributed by atoms with van der Waals surface area (Å²) in [5.41, 5.74) is 0.877. The van der Waals surface area contributed by atoms with E-state index in [4.69, 9.17) is 21.1 Å². The Morgan fingerprint density at radius 1 is 1.38 bits per heavy atom. The molecule has 1 aliphatic rings. The third-order valence-electron chi connectivity index (χ3n) is 2.46. The molecule has 0 N–H and O–H groups in total. The average Bonchev–Trinajstić information content (AvgIpc) is 3.10. The van der Waals surface area contributed by atoms with E-state index in [-0.39, 0.29) is 6.10 Å². The number of ether oxygens (including phenoxy) is 2. The van der Waals surface area contributed by atoms with Crippen LogP contribution in [0.1, 0.15) is 0 Å². The molecule has 1 fully saturated rings. The number of benzene rings is 1. The van der Waals surface area contributed by atoms with E-state index >= 15 is 0 Å². The van der Waals surface area contributed by atoms with Crippen LogP contribution < -0.4 is 4.74 Å². The van der Waals surface area contributed by atoms with Crippen molar-refractivity contribution in [3.8, 4) is 5.75 Å². The van der Waals surface area contributed by atoms with E-state index in [1.165, 1.54) is 0 Å². The summed E-state index contributed by atoms with van der Waals surface area (Å²) in [6.07, 6.45) is 0.277. The molecular formula is C12H10ClNO2. The van der Waals surface area contributed by atoms with Gasteiger partial charge in [-0.1, -0.05) is 11.6 Å². The predicted octanol–water partition coefficient (Wildman–Crippen LogP) is 2.67. The average molecular weight is 236 g/mol. The Morgan fingerprint density at radius 2 is 2.25 bits per heavy atom. The third-order valence-corrected chi connectivity index (χ3v) is 2.68. The summed E-state index contributed by atoms with van der Waals surface area (Å²) in [5.74, 6) is 0.840. The van der Waals surface area contributed by atoms with E-state index in [1.54, 1.807) is 6.07 Å². The summed E-state index contributed by atoms with van der Waals surface area (Å²) in [7, 11) is 0. The predicted molar refractivity (Wildman–Crippen MR) is 62.0 cm³/mol. The van der Waals surface area contributed by atoms with E-state index in [0.29, 0.717) is 11.8 Å². The van der Waals surface area contributed by atoms with Gasteiger partial charge in [0.2, 0.25) is 0 Å². The van der Waals surface area contributed by atoms with Crippen LogP contribution in [0, 0.1) is 0 Å². The van der Waals surface area contributed by atoms with Gasteiger partial charge in [-0.25, -0.2) is 4.98 Å². The maximum atomic E-state index is 5.81. The Kier molecular flexibility index (Phi) is 2.42. The molecule has 0 spiro atoms. The summed E-state index contributed by atoms with van der Waals surface area (Å²) >= 11 is 5.81. The van der Waals surface area contributed by atoms with Crippen molar-refractivity contribution in [2.75, 3.05) is 13.2 Å². The zero-order valence-electron chi connectivity index (χ0n) is 8.52. The van der Waals surface area contributed by atoms with E-state index in [1.807, 2.05) is 24.3 Å². The molecule has 2 heterocycles. The summed E-state index contributed by atoms with van der Waals surface area (Å²) < 4.78 is 10.7. The standard InChI is InChI=1S/C12H10ClNO2/c13-12-4-1-8-5-9(2-3-11(8)14-12)15-6-10-7-16-10/h1-5,10H,6-7H2. The first-order valence-corrected chi connectivity index (χ1v) is 5.50. The molecule has 0 bridgehead atoms. The van der Waals surface area contributed by atoms with Gasteiger partial charge >= 0.3 is 0 Å². The smallest absolute Gasteiger partial charge is 0.129 e. The van der Waals surface area contributed by atoms with Crippen molar-refractivity contribution < 1.29 is 9.47 Å². The van der Waals surface area contributed by atoms with Gasteiger partial charge in [-0.2, -0.15) is 0 Å². The fraction of sp³-hybridized carbons (Fsp3) is 0.250. The van der Waals surface area contributed by atoms with Crippen molar-refractivity contribution in [3.63, 3.8) is 0 Å². The topological polar surface area (TPSA) is 34.6 Å². The number of halogens is 1. The summed E-state index contributed by atoms with van der Waals surface area (Å²) in [4.78, 5) is 4.21. The van der Waals surface area contributed by atoms with Crippen LogP contribution >= 0.6 is 11.6 Å². The lowest BCUT2D eigenvalue weighted by Gasteiger charge is -2.05. The second-order valence-corrected chi connectivity index (χ2v) is 4.14. The SMILES string of the molecule is Clc1ccc2cc(OCC3CO3)ccc2n1. The van der Waals surface area contributed by atoms with E-state index in [9.17, 15) is 0 Å². The molecule has 3 rings (SSSR count). The lowest BCUT2D eigenvalue weighted by molar-refractivity contribution is 0.263. The Morgan fingerprint density at radius 3 is 3.06 bits per heavy atom. The summed E-state index contributed by atoms with van der Waals surface area (Å²) in [6, 6.07) is 9.47. The molecule has 82 valence electrons. The summed E-state index contributed by atoms with van der Waals surface area (Å²) in [6.45, 7) is 1.43. The lowest BCUT2D eigenvalue weighted by atomic mass is 10.2. The van der Waals surface area contributed by atoms with Gasteiger partial charge < -0.3 is 9.47 Å². The number of fused-ring (bicyclic) bond motifs is 1. The molecule has 0 radical (unpaired) electrons. The minimum atomic E-state index is 0.277. The Hall–Kier alpha value is -1.32. The van der Waals surface area contributed by atoms with Crippen molar-refractivity contribution in [3.05, 3.63) is 35.5 Å². The minimum absolute atomic E-state index is 0.277. The first-order chi connectivity index (χ1) is 7.81. The zero-order valence-corrected chi connectivity index (χ0v) is 9.28. The summed E-state index contributed by atoms with van der Waals surface area (Å²) in [5, 5.41) is 1.53. The maximum absolute atomic E-state index is 5.81. The number of epoxide rings is 1. The van der Waals surface area contributed by atoms with Crippen LogP contribution in [0.2, 0.25) is 5.15 Å². The van der Waals surface area contributed by atoms with Crippen LogP contribution in [0.3, 0.4) is 0 Å². The third kappa shape index (κ3) is 2.10. The van der Waals surface area contributed by atoms with Crippen molar-refractivity contribution >= 4 is 22.5 Å². The van der Waals surface area contributed by atoms with Gasteiger partial charge in [0.15, 0.2) is 0 Å². The van der Waals surface area contributed by atoms with Gasteiger partial charge in [0.25, 0.3) is 0 Å². The molecular weight excluding hydrogens is 226 g/mol. The molecule has 16 heavy (non-hydrogen) atoms. The number of hydrogen-bond donors (Lipinski definition) is 0. The number of hydrogen-bond acceptors (Lipinski definition) is 3. The van der Waals surface area contributed by atoms with Crippen LogP contribution in [0.15, 0.2) is 30.3 Å². The van der Waals surface area contributed by atoms with Gasteiger partial charge in [-0.3, -0.25) is 0 Å². The first kappa shape index (κ1) is 9.87. The van der Waals surface area contributed by atoms with Crippen molar-refractivity contribution in [1.29, 1.82) is 0 Å². The Balaban J connectivity index is 1.86. The van der Waals surface area contributed by atoms with Crippen LogP contribution in [0.4, 0.5) is 0 Å². The fourth-order valence-corrected chi connectivity index (χ4v) is 1.68.